The van der Waals surface area contributed by atoms with Crippen molar-refractivity contribution in [1.29, 1.82) is 0 Å². The van der Waals surface area contributed by atoms with Crippen LogP contribution in [0.1, 0.15) is 5.56 Å². The molecule has 2 aromatic carbocycles. The molecule has 2 aliphatic heterocycles. The van der Waals surface area contributed by atoms with Gasteiger partial charge in [-0.25, -0.2) is 0 Å². The van der Waals surface area contributed by atoms with Crippen LogP contribution in [0.15, 0.2) is 53.4 Å². The Morgan fingerprint density at radius 3 is 2.51 bits per heavy atom. The van der Waals surface area contributed by atoms with Crippen molar-refractivity contribution in [2.45, 2.75) is 0 Å². The Bertz CT molecular complexity index is 1180. The molecule has 9 heteroatoms. The molecular weight excluding hydrogens is 466 g/mol. The normalized spacial score (nSPS) is 17.0. The highest BCUT2D eigenvalue weighted by Gasteiger charge is 2.37. The van der Waals surface area contributed by atoms with Crippen LogP contribution >= 0.6 is 11.8 Å². The van der Waals surface area contributed by atoms with Crippen LogP contribution in [0.3, 0.4) is 0 Å². The molecule has 8 nitrogen and oxygen atoms in total. The molecule has 2 aromatic rings. The van der Waals surface area contributed by atoms with Crippen LogP contribution in [0.4, 0.5) is 10.5 Å². The van der Waals surface area contributed by atoms with Crippen molar-refractivity contribution in [1.82, 2.24) is 9.80 Å². The Balaban J connectivity index is 1.38. The van der Waals surface area contributed by atoms with E-state index in [9.17, 15) is 14.4 Å². The fourth-order valence-electron chi connectivity index (χ4n) is 3.89. The number of imide groups is 1. The molecule has 35 heavy (non-hydrogen) atoms. The maximum Gasteiger partial charge on any atom is 0.294 e. The first kappa shape index (κ1) is 24.2. The number of carbonyl (C=O) groups excluding carboxylic acids is 3. The number of para-hydroxylation sites is 1. The standard InChI is InChI=1S/C26H25N3O5S/c1-3-15-34-21-10-9-19(16-22(21)33-2)17-23-25(31)29(26(32)35-23)18-24(30)28-13-11-27(12-14-28)20-7-5-4-6-8-20/h1,4-10,16-17H,11-15,18H2,2H3/b23-17+. The molecule has 0 N–H and O–H groups in total. The van der Waals surface area contributed by atoms with Crippen LogP contribution in [-0.2, 0) is 9.59 Å². The van der Waals surface area contributed by atoms with Gasteiger partial charge in [-0.15, -0.1) is 6.42 Å². The number of nitrogens with zero attached hydrogens (tertiary/aromatic N) is 3. The second kappa shape index (κ2) is 11.0. The molecule has 180 valence electrons. The number of ether oxygens (including phenoxy) is 2. The third kappa shape index (κ3) is 5.61. The Morgan fingerprint density at radius 1 is 1.09 bits per heavy atom. The van der Waals surface area contributed by atoms with Gasteiger partial charge < -0.3 is 19.3 Å². The number of hydrogen-bond donors (Lipinski definition) is 0. The molecule has 0 aliphatic carbocycles. The minimum Gasteiger partial charge on any atom is -0.493 e. The number of hydrogen-bond acceptors (Lipinski definition) is 7. The number of terminal acetylenes is 1. The van der Waals surface area contributed by atoms with E-state index in [-0.39, 0.29) is 24.0 Å². The lowest BCUT2D eigenvalue weighted by Gasteiger charge is -2.36. The van der Waals surface area contributed by atoms with Gasteiger partial charge in [0.25, 0.3) is 11.1 Å². The van der Waals surface area contributed by atoms with E-state index in [1.807, 2.05) is 30.3 Å². The van der Waals surface area contributed by atoms with E-state index in [1.54, 1.807) is 29.2 Å². The van der Waals surface area contributed by atoms with Gasteiger partial charge in [-0.2, -0.15) is 0 Å². The third-order valence-electron chi connectivity index (χ3n) is 5.72. The maximum absolute atomic E-state index is 12.9. The zero-order chi connectivity index (χ0) is 24.8. The summed E-state index contributed by atoms with van der Waals surface area (Å²) in [6, 6.07) is 15.1. The summed E-state index contributed by atoms with van der Waals surface area (Å²) in [6.07, 6.45) is 6.83. The number of benzene rings is 2. The van der Waals surface area contributed by atoms with Crippen LogP contribution in [0, 0.1) is 12.3 Å². The molecule has 2 heterocycles. The van der Waals surface area contributed by atoms with E-state index < -0.39 is 11.1 Å². The highest BCUT2D eigenvalue weighted by Crippen LogP contribution is 2.34. The van der Waals surface area contributed by atoms with Gasteiger partial charge >= 0.3 is 0 Å². The van der Waals surface area contributed by atoms with Gasteiger partial charge in [-0.05, 0) is 47.7 Å². The van der Waals surface area contributed by atoms with E-state index in [0.717, 1.165) is 22.3 Å². The summed E-state index contributed by atoms with van der Waals surface area (Å²) in [6.45, 7) is 2.29. The molecule has 0 atom stereocenters. The van der Waals surface area contributed by atoms with Gasteiger partial charge in [-0.1, -0.05) is 30.2 Å². The van der Waals surface area contributed by atoms with Gasteiger partial charge in [0.1, 0.15) is 13.2 Å². The van der Waals surface area contributed by atoms with Gasteiger partial charge in [0.15, 0.2) is 11.5 Å². The van der Waals surface area contributed by atoms with Crippen molar-refractivity contribution in [3.8, 4) is 23.8 Å². The van der Waals surface area contributed by atoms with Crippen molar-refractivity contribution in [2.24, 2.45) is 0 Å². The van der Waals surface area contributed by atoms with Gasteiger partial charge in [0.2, 0.25) is 5.91 Å². The minimum absolute atomic E-state index is 0.101. The van der Waals surface area contributed by atoms with E-state index in [2.05, 4.69) is 10.8 Å². The third-order valence-corrected chi connectivity index (χ3v) is 6.62. The van der Waals surface area contributed by atoms with E-state index in [4.69, 9.17) is 15.9 Å². The van der Waals surface area contributed by atoms with E-state index in [1.165, 1.54) is 7.11 Å². The minimum atomic E-state index is -0.483. The molecule has 0 spiro atoms. The second-order valence-electron chi connectivity index (χ2n) is 7.87. The quantitative estimate of drug-likeness (QED) is 0.435. The molecule has 2 fully saturated rings. The SMILES string of the molecule is C#CCOc1ccc(/C=C2/SC(=O)N(CC(=O)N3CCN(c4ccccc4)CC3)C2=O)cc1OC. The predicted molar refractivity (Wildman–Crippen MR) is 135 cm³/mol. The van der Waals surface area contributed by atoms with Gasteiger partial charge in [-0.3, -0.25) is 19.3 Å². The van der Waals surface area contributed by atoms with Crippen molar-refractivity contribution in [2.75, 3.05) is 51.3 Å². The molecule has 0 aromatic heterocycles. The molecule has 0 saturated carbocycles. The number of carbonyl (C=O) groups is 3. The zero-order valence-corrected chi connectivity index (χ0v) is 20.1. The molecule has 2 saturated heterocycles. The average Bonchev–Trinajstić information content (AvgIpc) is 3.15. The topological polar surface area (TPSA) is 79.4 Å². The van der Waals surface area contributed by atoms with Crippen LogP contribution in [0.25, 0.3) is 6.08 Å². The summed E-state index contributed by atoms with van der Waals surface area (Å²) in [7, 11) is 1.50. The lowest BCUT2D eigenvalue weighted by atomic mass is 10.2. The van der Waals surface area contributed by atoms with Crippen molar-refractivity contribution in [3.63, 3.8) is 0 Å². The number of methoxy groups -OCH3 is 1. The average molecular weight is 492 g/mol. The van der Waals surface area contributed by atoms with E-state index in [0.29, 0.717) is 43.2 Å². The lowest BCUT2D eigenvalue weighted by Crippen LogP contribution is -2.51. The summed E-state index contributed by atoms with van der Waals surface area (Å²) >= 11 is 0.815. The molecule has 0 radical (unpaired) electrons. The van der Waals surface area contributed by atoms with Crippen LogP contribution in [-0.4, -0.2) is 73.3 Å². The molecular formula is C26H25N3O5S. The summed E-state index contributed by atoms with van der Waals surface area (Å²) in [5, 5.41) is -0.460. The van der Waals surface area contributed by atoms with Gasteiger partial charge in [0.05, 0.1) is 12.0 Å². The zero-order valence-electron chi connectivity index (χ0n) is 19.3. The van der Waals surface area contributed by atoms with Gasteiger partial charge in [0, 0.05) is 31.9 Å². The summed E-state index contributed by atoms with van der Waals surface area (Å²) in [5.41, 5.74) is 1.77. The monoisotopic (exact) mass is 491 g/mol. The van der Waals surface area contributed by atoms with Crippen molar-refractivity contribution in [3.05, 3.63) is 59.0 Å². The lowest BCUT2D eigenvalue weighted by molar-refractivity contribution is -0.136. The smallest absolute Gasteiger partial charge is 0.294 e. The molecule has 2 aliphatic rings. The molecule has 0 bridgehead atoms. The van der Waals surface area contributed by atoms with E-state index >= 15 is 0 Å². The highest BCUT2D eigenvalue weighted by molar-refractivity contribution is 8.18. The largest absolute Gasteiger partial charge is 0.493 e. The molecule has 3 amide bonds. The summed E-state index contributed by atoms with van der Waals surface area (Å²) < 4.78 is 10.8. The number of thioether (sulfide) groups is 1. The number of rotatable bonds is 7. The Labute approximate surface area is 208 Å². The first-order valence-electron chi connectivity index (χ1n) is 11.1. The van der Waals surface area contributed by atoms with Crippen LogP contribution in [0.2, 0.25) is 0 Å². The van der Waals surface area contributed by atoms with Crippen molar-refractivity contribution >= 4 is 40.6 Å². The first-order valence-corrected chi connectivity index (χ1v) is 11.9. The maximum atomic E-state index is 12.9. The number of anilines is 1. The Kier molecular flexibility index (Phi) is 7.63. The second-order valence-corrected chi connectivity index (χ2v) is 8.87. The first-order chi connectivity index (χ1) is 17.0. The number of piperazine rings is 1. The Hall–Kier alpha value is -3.90. The molecule has 4 rings (SSSR count). The van der Waals surface area contributed by atoms with Crippen LogP contribution in [0.5, 0.6) is 11.5 Å². The fourth-order valence-corrected chi connectivity index (χ4v) is 4.73. The van der Waals surface area contributed by atoms with Crippen LogP contribution < -0.4 is 14.4 Å². The Morgan fingerprint density at radius 2 is 1.83 bits per heavy atom. The van der Waals surface area contributed by atoms with Crippen molar-refractivity contribution < 1.29 is 23.9 Å². The summed E-state index contributed by atoms with van der Waals surface area (Å²) in [4.78, 5) is 43.4. The highest BCUT2D eigenvalue weighted by atomic mass is 32.2. The molecule has 0 unspecified atom stereocenters. The summed E-state index contributed by atoms with van der Waals surface area (Å²) in [5.74, 6) is 2.61. The predicted octanol–water partition coefficient (Wildman–Crippen LogP) is 3.09. The fraction of sp³-hybridized carbons (Fsp3) is 0.269. The number of amides is 3.